The van der Waals surface area contributed by atoms with Crippen molar-refractivity contribution in [2.45, 2.75) is 56.6 Å². The van der Waals surface area contributed by atoms with Gasteiger partial charge >= 0.3 is 5.97 Å². The minimum Gasteiger partial charge on any atom is -0.466 e. The first-order valence-corrected chi connectivity index (χ1v) is 8.36. The van der Waals surface area contributed by atoms with Gasteiger partial charge in [0.2, 0.25) is 0 Å². The van der Waals surface area contributed by atoms with Crippen molar-refractivity contribution >= 4 is 17.7 Å². The molecule has 0 radical (unpaired) electrons. The highest BCUT2D eigenvalue weighted by Gasteiger charge is 2.35. The van der Waals surface area contributed by atoms with Crippen molar-refractivity contribution in [1.29, 1.82) is 0 Å². The van der Waals surface area contributed by atoms with Crippen LogP contribution in [0, 0.1) is 0 Å². The van der Waals surface area contributed by atoms with E-state index in [4.69, 9.17) is 4.74 Å². The SMILES string of the molecule is CCOC(=O)CCCCCNCC1(SC)CCC1. The van der Waals surface area contributed by atoms with Gasteiger partial charge in [0.05, 0.1) is 6.61 Å². The van der Waals surface area contributed by atoms with E-state index in [2.05, 4.69) is 11.6 Å². The molecule has 1 fully saturated rings. The third-order valence-corrected chi connectivity index (χ3v) is 5.10. The van der Waals surface area contributed by atoms with Crippen molar-refractivity contribution in [3.8, 4) is 0 Å². The van der Waals surface area contributed by atoms with Crippen LogP contribution in [-0.2, 0) is 9.53 Å². The molecule has 0 heterocycles. The summed E-state index contributed by atoms with van der Waals surface area (Å²) in [6.45, 7) is 4.57. The topological polar surface area (TPSA) is 38.3 Å². The monoisotopic (exact) mass is 273 g/mol. The van der Waals surface area contributed by atoms with Crippen LogP contribution >= 0.6 is 11.8 Å². The molecule has 4 heteroatoms. The van der Waals surface area contributed by atoms with E-state index in [1.807, 2.05) is 18.7 Å². The van der Waals surface area contributed by atoms with E-state index >= 15 is 0 Å². The average Bonchev–Trinajstić information content (AvgIpc) is 2.31. The van der Waals surface area contributed by atoms with E-state index in [-0.39, 0.29) is 5.97 Å². The molecular formula is C14H27NO2S. The molecule has 1 rings (SSSR count). The molecule has 0 aromatic heterocycles. The molecule has 1 aliphatic carbocycles. The Morgan fingerprint density at radius 1 is 1.33 bits per heavy atom. The first-order valence-electron chi connectivity index (χ1n) is 7.14. The molecular weight excluding hydrogens is 246 g/mol. The number of nitrogens with one attached hydrogen (secondary N) is 1. The van der Waals surface area contributed by atoms with Gasteiger partial charge in [-0.3, -0.25) is 4.79 Å². The molecule has 3 nitrogen and oxygen atoms in total. The molecule has 0 amide bonds. The third-order valence-electron chi connectivity index (χ3n) is 3.68. The zero-order valence-electron chi connectivity index (χ0n) is 11.8. The maximum absolute atomic E-state index is 11.1. The minimum absolute atomic E-state index is 0.0544. The lowest BCUT2D eigenvalue weighted by Crippen LogP contribution is -2.43. The van der Waals surface area contributed by atoms with Crippen molar-refractivity contribution in [3.05, 3.63) is 0 Å². The summed E-state index contributed by atoms with van der Waals surface area (Å²) in [6.07, 6.45) is 10.1. The molecule has 0 aromatic rings. The Kier molecular flexibility index (Phi) is 7.75. The Morgan fingerprint density at radius 2 is 2.11 bits per heavy atom. The van der Waals surface area contributed by atoms with E-state index in [0.29, 0.717) is 17.8 Å². The molecule has 1 aliphatic rings. The summed E-state index contributed by atoms with van der Waals surface area (Å²) >= 11 is 2.01. The predicted molar refractivity (Wildman–Crippen MR) is 78.1 cm³/mol. The fourth-order valence-corrected chi connectivity index (χ4v) is 3.21. The van der Waals surface area contributed by atoms with Crippen LogP contribution in [-0.4, -0.2) is 36.7 Å². The number of hydrogen-bond acceptors (Lipinski definition) is 4. The van der Waals surface area contributed by atoms with Gasteiger partial charge in [-0.05, 0) is 45.4 Å². The highest BCUT2D eigenvalue weighted by atomic mass is 32.2. The molecule has 1 saturated carbocycles. The molecule has 0 atom stereocenters. The second-order valence-corrected chi connectivity index (χ2v) is 6.31. The fourth-order valence-electron chi connectivity index (χ4n) is 2.27. The van der Waals surface area contributed by atoms with Gasteiger partial charge in [0.15, 0.2) is 0 Å². The summed E-state index contributed by atoms with van der Waals surface area (Å²) in [7, 11) is 0. The zero-order chi connectivity index (χ0) is 13.3. The van der Waals surface area contributed by atoms with Gasteiger partial charge in [0.1, 0.15) is 0 Å². The number of hydrogen-bond donors (Lipinski definition) is 1. The molecule has 18 heavy (non-hydrogen) atoms. The predicted octanol–water partition coefficient (Wildman–Crippen LogP) is 2.99. The fraction of sp³-hybridized carbons (Fsp3) is 0.929. The summed E-state index contributed by atoms with van der Waals surface area (Å²) in [4.78, 5) is 11.1. The van der Waals surface area contributed by atoms with Crippen LogP contribution in [0.1, 0.15) is 51.9 Å². The Bertz CT molecular complexity index is 236. The lowest BCUT2D eigenvalue weighted by molar-refractivity contribution is -0.143. The maximum atomic E-state index is 11.1. The van der Waals surface area contributed by atoms with E-state index in [1.54, 1.807) is 0 Å². The van der Waals surface area contributed by atoms with Crippen LogP contribution in [0.2, 0.25) is 0 Å². The molecule has 0 spiro atoms. The quantitative estimate of drug-likeness (QED) is 0.490. The molecule has 0 unspecified atom stereocenters. The number of rotatable bonds is 10. The van der Waals surface area contributed by atoms with E-state index < -0.39 is 0 Å². The van der Waals surface area contributed by atoms with Crippen LogP contribution in [0.3, 0.4) is 0 Å². The van der Waals surface area contributed by atoms with Gasteiger partial charge in [0, 0.05) is 17.7 Å². The lowest BCUT2D eigenvalue weighted by atomic mass is 9.84. The summed E-state index contributed by atoms with van der Waals surface area (Å²) < 4.78 is 5.43. The number of carbonyl (C=O) groups is 1. The van der Waals surface area contributed by atoms with E-state index in [0.717, 1.165) is 32.4 Å². The summed E-state index contributed by atoms with van der Waals surface area (Å²) in [5, 5.41) is 3.56. The van der Waals surface area contributed by atoms with Crippen LogP contribution in [0.25, 0.3) is 0 Å². The van der Waals surface area contributed by atoms with Crippen molar-refractivity contribution in [1.82, 2.24) is 5.32 Å². The number of ether oxygens (including phenoxy) is 1. The van der Waals surface area contributed by atoms with Crippen LogP contribution in [0.4, 0.5) is 0 Å². The van der Waals surface area contributed by atoms with Gasteiger partial charge in [-0.1, -0.05) is 12.8 Å². The second kappa shape index (κ2) is 8.81. The Balaban J connectivity index is 1.88. The highest BCUT2D eigenvalue weighted by Crippen LogP contribution is 2.42. The molecule has 0 saturated heterocycles. The molecule has 0 aliphatic heterocycles. The molecule has 1 N–H and O–H groups in total. The minimum atomic E-state index is -0.0544. The van der Waals surface area contributed by atoms with Crippen molar-refractivity contribution in [2.75, 3.05) is 26.0 Å². The van der Waals surface area contributed by atoms with Crippen LogP contribution in [0.5, 0.6) is 0 Å². The Morgan fingerprint density at radius 3 is 2.67 bits per heavy atom. The summed E-state index contributed by atoms with van der Waals surface area (Å²) in [5.41, 5.74) is 0. The first-order chi connectivity index (χ1) is 8.72. The van der Waals surface area contributed by atoms with E-state index in [1.165, 1.54) is 19.3 Å². The normalized spacial score (nSPS) is 17.2. The summed E-state index contributed by atoms with van der Waals surface area (Å²) in [5.74, 6) is -0.0544. The van der Waals surface area contributed by atoms with Crippen molar-refractivity contribution < 1.29 is 9.53 Å². The van der Waals surface area contributed by atoms with E-state index in [9.17, 15) is 4.79 Å². The van der Waals surface area contributed by atoms with Gasteiger partial charge in [-0.25, -0.2) is 0 Å². The smallest absolute Gasteiger partial charge is 0.305 e. The molecule has 0 aromatic carbocycles. The van der Waals surface area contributed by atoms with Crippen LogP contribution in [0.15, 0.2) is 0 Å². The zero-order valence-corrected chi connectivity index (χ0v) is 12.6. The van der Waals surface area contributed by atoms with Crippen LogP contribution < -0.4 is 5.32 Å². The third kappa shape index (κ3) is 5.61. The summed E-state index contributed by atoms with van der Waals surface area (Å²) in [6, 6.07) is 0. The largest absolute Gasteiger partial charge is 0.466 e. The lowest BCUT2D eigenvalue weighted by Gasteiger charge is -2.40. The maximum Gasteiger partial charge on any atom is 0.305 e. The van der Waals surface area contributed by atoms with Gasteiger partial charge in [-0.15, -0.1) is 0 Å². The second-order valence-electron chi connectivity index (χ2n) is 5.03. The number of carbonyl (C=O) groups excluding carboxylic acids is 1. The van der Waals surface area contributed by atoms with Gasteiger partial charge in [-0.2, -0.15) is 11.8 Å². The number of thioether (sulfide) groups is 1. The first kappa shape index (κ1) is 15.8. The Labute approximate surface area is 115 Å². The van der Waals surface area contributed by atoms with Crippen molar-refractivity contribution in [3.63, 3.8) is 0 Å². The number of unbranched alkanes of at least 4 members (excludes halogenated alkanes) is 2. The molecule has 106 valence electrons. The van der Waals surface area contributed by atoms with Gasteiger partial charge in [0.25, 0.3) is 0 Å². The average molecular weight is 273 g/mol. The molecule has 0 bridgehead atoms. The number of esters is 1. The Hall–Kier alpha value is -0.220. The standard InChI is InChI=1S/C14H27NO2S/c1-3-17-13(16)8-5-4-6-11-15-12-14(18-2)9-7-10-14/h15H,3-12H2,1-2H3. The van der Waals surface area contributed by atoms with Gasteiger partial charge < -0.3 is 10.1 Å². The highest BCUT2D eigenvalue weighted by molar-refractivity contribution is 8.00. The van der Waals surface area contributed by atoms with Crippen molar-refractivity contribution in [2.24, 2.45) is 0 Å².